The molecule has 1 aliphatic heterocycles. The first kappa shape index (κ1) is 13.8. The van der Waals surface area contributed by atoms with Crippen molar-refractivity contribution in [1.29, 1.82) is 0 Å². The van der Waals surface area contributed by atoms with E-state index in [-0.39, 0.29) is 24.4 Å². The molecule has 6 heteroatoms. The van der Waals surface area contributed by atoms with Gasteiger partial charge in [0, 0.05) is 19.2 Å². The highest BCUT2D eigenvalue weighted by atomic mass is 19.1. The summed E-state index contributed by atoms with van der Waals surface area (Å²) in [6, 6.07) is 5.96. The van der Waals surface area contributed by atoms with Crippen LogP contribution in [0, 0.1) is 5.82 Å². The Labute approximate surface area is 111 Å². The monoisotopic (exact) mass is 268 g/mol. The van der Waals surface area contributed by atoms with Crippen molar-refractivity contribution >= 4 is 5.91 Å². The number of morpholine rings is 1. The molecule has 0 aromatic heterocycles. The number of hydrogen-bond acceptors (Lipinski definition) is 4. The minimum Gasteiger partial charge on any atom is -0.491 e. The van der Waals surface area contributed by atoms with E-state index in [2.05, 4.69) is 0 Å². The zero-order valence-corrected chi connectivity index (χ0v) is 10.5. The lowest BCUT2D eigenvalue weighted by molar-refractivity contribution is -0.121. The number of carbonyl (C=O) groups excluding carboxylic acids is 1. The van der Waals surface area contributed by atoms with E-state index in [1.807, 2.05) is 4.90 Å². The third-order valence-corrected chi connectivity index (χ3v) is 2.83. The molecule has 1 aliphatic rings. The Balaban J connectivity index is 1.81. The zero-order valence-electron chi connectivity index (χ0n) is 10.5. The Morgan fingerprint density at radius 1 is 1.58 bits per heavy atom. The minimum absolute atomic E-state index is 0.142. The molecule has 0 radical (unpaired) electrons. The zero-order chi connectivity index (χ0) is 13.7. The van der Waals surface area contributed by atoms with Crippen LogP contribution in [0.25, 0.3) is 0 Å². The molecule has 2 rings (SSSR count). The SMILES string of the molecule is NC(=O)CN1CCO[C@H](COc2cccc(F)c2)C1. The summed E-state index contributed by atoms with van der Waals surface area (Å²) in [6.45, 7) is 2.33. The Morgan fingerprint density at radius 3 is 3.16 bits per heavy atom. The summed E-state index contributed by atoms with van der Waals surface area (Å²) in [5.41, 5.74) is 5.16. The van der Waals surface area contributed by atoms with Crippen LogP contribution in [-0.2, 0) is 9.53 Å². The van der Waals surface area contributed by atoms with Gasteiger partial charge in [-0.3, -0.25) is 9.69 Å². The predicted molar refractivity (Wildman–Crippen MR) is 67.3 cm³/mol. The molecular formula is C13H17FN2O3. The predicted octanol–water partition coefficient (Wildman–Crippen LogP) is 0.391. The minimum atomic E-state index is -0.355. The van der Waals surface area contributed by atoms with Gasteiger partial charge >= 0.3 is 0 Å². The van der Waals surface area contributed by atoms with Crippen molar-refractivity contribution in [3.8, 4) is 5.75 Å². The second-order valence-electron chi connectivity index (χ2n) is 4.46. The fourth-order valence-electron chi connectivity index (χ4n) is 1.99. The molecule has 1 amide bonds. The van der Waals surface area contributed by atoms with E-state index in [0.29, 0.717) is 32.1 Å². The van der Waals surface area contributed by atoms with Crippen LogP contribution in [0.1, 0.15) is 0 Å². The molecule has 0 saturated carbocycles. The Hall–Kier alpha value is -1.66. The third-order valence-electron chi connectivity index (χ3n) is 2.83. The fourth-order valence-corrected chi connectivity index (χ4v) is 1.99. The summed E-state index contributed by atoms with van der Waals surface area (Å²) in [6.07, 6.45) is -0.142. The van der Waals surface area contributed by atoms with Gasteiger partial charge in [0.15, 0.2) is 0 Å². The van der Waals surface area contributed by atoms with E-state index in [4.69, 9.17) is 15.2 Å². The average molecular weight is 268 g/mol. The van der Waals surface area contributed by atoms with Crippen LogP contribution in [0.4, 0.5) is 4.39 Å². The molecule has 1 heterocycles. The Morgan fingerprint density at radius 2 is 2.42 bits per heavy atom. The normalized spacial score (nSPS) is 20.2. The Kier molecular flexibility index (Phi) is 4.70. The number of nitrogens with zero attached hydrogens (tertiary/aromatic N) is 1. The van der Waals surface area contributed by atoms with E-state index in [1.165, 1.54) is 12.1 Å². The number of benzene rings is 1. The molecule has 104 valence electrons. The number of amides is 1. The quantitative estimate of drug-likeness (QED) is 0.839. The highest BCUT2D eigenvalue weighted by molar-refractivity contribution is 5.75. The number of primary amides is 1. The van der Waals surface area contributed by atoms with E-state index in [0.717, 1.165) is 0 Å². The lowest BCUT2D eigenvalue weighted by atomic mass is 10.2. The highest BCUT2D eigenvalue weighted by Crippen LogP contribution is 2.13. The van der Waals surface area contributed by atoms with E-state index < -0.39 is 0 Å². The number of halogens is 1. The number of ether oxygens (including phenoxy) is 2. The maximum absolute atomic E-state index is 13.0. The molecule has 0 bridgehead atoms. The third kappa shape index (κ3) is 4.50. The van der Waals surface area contributed by atoms with E-state index in [9.17, 15) is 9.18 Å². The smallest absolute Gasteiger partial charge is 0.231 e. The standard InChI is InChI=1S/C13H17FN2O3/c14-10-2-1-3-11(6-10)19-9-12-7-16(4-5-18-12)8-13(15)17/h1-3,6,12H,4-5,7-9H2,(H2,15,17)/t12-/m0/s1. The molecule has 19 heavy (non-hydrogen) atoms. The topological polar surface area (TPSA) is 64.8 Å². The molecule has 5 nitrogen and oxygen atoms in total. The Bertz CT molecular complexity index is 442. The van der Waals surface area contributed by atoms with Crippen LogP contribution in [-0.4, -0.2) is 49.8 Å². The molecule has 2 N–H and O–H groups in total. The molecular weight excluding hydrogens is 251 g/mol. The van der Waals surface area contributed by atoms with Gasteiger partial charge in [0.1, 0.15) is 24.3 Å². The van der Waals surface area contributed by atoms with E-state index >= 15 is 0 Å². The lowest BCUT2D eigenvalue weighted by Crippen LogP contribution is -2.47. The van der Waals surface area contributed by atoms with Crippen LogP contribution in [0.3, 0.4) is 0 Å². The number of nitrogens with two attached hydrogens (primary N) is 1. The van der Waals surface area contributed by atoms with Crippen LogP contribution in [0.5, 0.6) is 5.75 Å². The lowest BCUT2D eigenvalue weighted by Gasteiger charge is -2.31. The summed E-state index contributed by atoms with van der Waals surface area (Å²) in [4.78, 5) is 12.8. The average Bonchev–Trinajstić information content (AvgIpc) is 2.36. The number of rotatable bonds is 5. The van der Waals surface area contributed by atoms with Crippen LogP contribution in [0.2, 0.25) is 0 Å². The van der Waals surface area contributed by atoms with Crippen molar-refractivity contribution in [1.82, 2.24) is 4.90 Å². The number of carbonyl (C=O) groups is 1. The molecule has 1 atom stereocenters. The summed E-state index contributed by atoms with van der Waals surface area (Å²) in [5.74, 6) is -0.222. The summed E-state index contributed by atoms with van der Waals surface area (Å²) < 4.78 is 24.0. The van der Waals surface area contributed by atoms with E-state index in [1.54, 1.807) is 12.1 Å². The fraction of sp³-hybridized carbons (Fsp3) is 0.462. The molecule has 1 aromatic rings. The van der Waals surface area contributed by atoms with Gasteiger partial charge in [-0.25, -0.2) is 4.39 Å². The van der Waals surface area contributed by atoms with Crippen molar-refractivity contribution in [2.45, 2.75) is 6.10 Å². The second-order valence-corrected chi connectivity index (χ2v) is 4.46. The van der Waals surface area contributed by atoms with Gasteiger partial charge in [0.05, 0.1) is 13.2 Å². The first-order chi connectivity index (χ1) is 9.13. The van der Waals surface area contributed by atoms with Crippen LogP contribution < -0.4 is 10.5 Å². The van der Waals surface area contributed by atoms with Crippen LogP contribution >= 0.6 is 0 Å². The van der Waals surface area contributed by atoms with Crippen molar-refractivity contribution in [2.75, 3.05) is 32.8 Å². The number of hydrogen-bond donors (Lipinski definition) is 1. The van der Waals surface area contributed by atoms with Gasteiger partial charge in [-0.1, -0.05) is 6.07 Å². The highest BCUT2D eigenvalue weighted by Gasteiger charge is 2.22. The molecule has 0 spiro atoms. The molecule has 1 aromatic carbocycles. The van der Waals surface area contributed by atoms with Crippen molar-refractivity contribution in [2.24, 2.45) is 5.73 Å². The van der Waals surface area contributed by atoms with Crippen LogP contribution in [0.15, 0.2) is 24.3 Å². The van der Waals surface area contributed by atoms with Crippen molar-refractivity contribution < 1.29 is 18.7 Å². The first-order valence-corrected chi connectivity index (χ1v) is 6.14. The summed E-state index contributed by atoms with van der Waals surface area (Å²) in [7, 11) is 0. The van der Waals surface area contributed by atoms with Gasteiger partial charge in [-0.2, -0.15) is 0 Å². The first-order valence-electron chi connectivity index (χ1n) is 6.14. The van der Waals surface area contributed by atoms with Crippen molar-refractivity contribution in [3.63, 3.8) is 0 Å². The van der Waals surface area contributed by atoms with Gasteiger partial charge in [0.25, 0.3) is 0 Å². The molecule has 1 fully saturated rings. The van der Waals surface area contributed by atoms with Crippen molar-refractivity contribution in [3.05, 3.63) is 30.1 Å². The largest absolute Gasteiger partial charge is 0.491 e. The van der Waals surface area contributed by atoms with Gasteiger partial charge in [-0.05, 0) is 12.1 Å². The van der Waals surface area contributed by atoms with Gasteiger partial charge in [0.2, 0.25) is 5.91 Å². The molecule has 0 aliphatic carbocycles. The maximum Gasteiger partial charge on any atom is 0.231 e. The molecule has 0 unspecified atom stereocenters. The molecule has 1 saturated heterocycles. The second kappa shape index (κ2) is 6.49. The maximum atomic E-state index is 13.0. The van der Waals surface area contributed by atoms with Gasteiger partial charge < -0.3 is 15.2 Å². The summed E-state index contributed by atoms with van der Waals surface area (Å²) in [5, 5.41) is 0. The summed E-state index contributed by atoms with van der Waals surface area (Å²) >= 11 is 0. The van der Waals surface area contributed by atoms with Gasteiger partial charge in [-0.15, -0.1) is 0 Å².